The largest absolute Gasteiger partial charge is 0.488 e. The number of amides is 1. The Balaban J connectivity index is 1.63. The van der Waals surface area contributed by atoms with Crippen molar-refractivity contribution in [3.8, 4) is 5.75 Å². The number of methoxy groups -OCH3 is 1. The van der Waals surface area contributed by atoms with Gasteiger partial charge in [0, 0.05) is 15.1 Å². The molecule has 0 spiro atoms. The van der Waals surface area contributed by atoms with Gasteiger partial charge in [-0.25, -0.2) is 4.79 Å². The molecule has 1 saturated heterocycles. The molecular weight excluding hydrogens is 570 g/mol. The predicted octanol–water partition coefficient (Wildman–Crippen LogP) is 6.80. The molecule has 5 nitrogen and oxygen atoms in total. The number of halogens is 2. The molecule has 35 heavy (non-hydrogen) atoms. The van der Waals surface area contributed by atoms with Crippen molar-refractivity contribution in [2.24, 2.45) is 0 Å². The van der Waals surface area contributed by atoms with Crippen LogP contribution >= 0.6 is 51.5 Å². The predicted molar refractivity (Wildman–Crippen MR) is 146 cm³/mol. The van der Waals surface area contributed by atoms with Gasteiger partial charge in [-0.2, -0.15) is 0 Å². The SMILES string of the molecule is COC(=O)C(c1ccccc1)N1C(=O)/C(=C\c2cc(Br)ccc2OCc2ccc(Cl)cc2)SC1=S. The summed E-state index contributed by atoms with van der Waals surface area (Å²) in [4.78, 5) is 27.8. The molecule has 1 aliphatic rings. The van der Waals surface area contributed by atoms with E-state index in [1.807, 2.05) is 36.4 Å². The Kier molecular flexibility index (Phi) is 8.28. The van der Waals surface area contributed by atoms with E-state index in [-0.39, 0.29) is 10.2 Å². The molecule has 3 aromatic rings. The summed E-state index contributed by atoms with van der Waals surface area (Å²) in [6.45, 7) is 0.332. The molecule has 9 heteroatoms. The van der Waals surface area contributed by atoms with Crippen LogP contribution in [0.3, 0.4) is 0 Å². The van der Waals surface area contributed by atoms with Crippen LogP contribution in [0.15, 0.2) is 82.2 Å². The number of carbonyl (C=O) groups is 2. The molecule has 0 N–H and O–H groups in total. The number of thiocarbonyl (C=S) groups is 1. The van der Waals surface area contributed by atoms with Gasteiger partial charge in [-0.3, -0.25) is 9.69 Å². The highest BCUT2D eigenvalue weighted by Gasteiger charge is 2.42. The minimum Gasteiger partial charge on any atom is -0.488 e. The fraction of sp³-hybridized carbons (Fsp3) is 0.115. The maximum absolute atomic E-state index is 13.4. The molecule has 1 atom stereocenters. The monoisotopic (exact) mass is 587 g/mol. The fourth-order valence-electron chi connectivity index (χ4n) is 3.49. The number of carbonyl (C=O) groups excluding carboxylic acids is 2. The van der Waals surface area contributed by atoms with Crippen LogP contribution < -0.4 is 4.74 Å². The molecule has 1 amide bonds. The first-order valence-corrected chi connectivity index (χ1v) is 12.8. The number of esters is 1. The highest BCUT2D eigenvalue weighted by molar-refractivity contribution is 9.10. The normalized spacial score (nSPS) is 15.4. The van der Waals surface area contributed by atoms with Crippen LogP contribution in [0.25, 0.3) is 6.08 Å². The average Bonchev–Trinajstić information content (AvgIpc) is 3.13. The Morgan fingerprint density at radius 1 is 1.14 bits per heavy atom. The molecule has 178 valence electrons. The van der Waals surface area contributed by atoms with Crippen molar-refractivity contribution in [3.63, 3.8) is 0 Å². The van der Waals surface area contributed by atoms with Gasteiger partial charge in [0.1, 0.15) is 16.7 Å². The lowest BCUT2D eigenvalue weighted by atomic mass is 10.1. The standard InChI is InChI=1S/C26H19BrClNO4S2/c1-32-25(31)23(17-5-3-2-4-6-17)29-24(30)22(35-26(29)34)14-18-13-19(27)9-12-21(18)33-15-16-7-10-20(28)11-8-16/h2-14,23H,15H2,1H3/b22-14+. The molecule has 1 fully saturated rings. The van der Waals surface area contributed by atoms with Crippen molar-refractivity contribution in [1.82, 2.24) is 4.90 Å². The van der Waals surface area contributed by atoms with Crippen molar-refractivity contribution in [1.29, 1.82) is 0 Å². The first-order chi connectivity index (χ1) is 16.9. The zero-order valence-electron chi connectivity index (χ0n) is 18.4. The third-order valence-electron chi connectivity index (χ3n) is 5.19. The number of hydrogen-bond acceptors (Lipinski definition) is 6. The third kappa shape index (κ3) is 5.95. The summed E-state index contributed by atoms with van der Waals surface area (Å²) in [7, 11) is 1.29. The van der Waals surface area contributed by atoms with E-state index in [0.29, 0.717) is 33.4 Å². The zero-order valence-corrected chi connectivity index (χ0v) is 22.4. The Morgan fingerprint density at radius 3 is 2.54 bits per heavy atom. The molecule has 0 aromatic heterocycles. The summed E-state index contributed by atoms with van der Waals surface area (Å²) >= 11 is 16.1. The maximum atomic E-state index is 13.4. The van der Waals surface area contributed by atoms with Gasteiger partial charge in [0.15, 0.2) is 6.04 Å². The van der Waals surface area contributed by atoms with Crippen molar-refractivity contribution >= 4 is 73.8 Å². The van der Waals surface area contributed by atoms with Gasteiger partial charge in [0.25, 0.3) is 5.91 Å². The topological polar surface area (TPSA) is 55.8 Å². The van der Waals surface area contributed by atoms with E-state index in [2.05, 4.69) is 15.9 Å². The van der Waals surface area contributed by atoms with Crippen LogP contribution in [0.5, 0.6) is 5.75 Å². The van der Waals surface area contributed by atoms with Gasteiger partial charge in [-0.1, -0.05) is 94.0 Å². The van der Waals surface area contributed by atoms with Crippen molar-refractivity contribution in [3.05, 3.63) is 104 Å². The van der Waals surface area contributed by atoms with Crippen molar-refractivity contribution < 1.29 is 19.1 Å². The maximum Gasteiger partial charge on any atom is 0.333 e. The van der Waals surface area contributed by atoms with E-state index in [4.69, 9.17) is 33.3 Å². The van der Waals surface area contributed by atoms with Crippen LogP contribution in [0.4, 0.5) is 0 Å². The van der Waals surface area contributed by atoms with Crippen LogP contribution in [0.2, 0.25) is 5.02 Å². The van der Waals surface area contributed by atoms with Crippen LogP contribution in [0.1, 0.15) is 22.7 Å². The Labute approximate surface area is 226 Å². The number of hydrogen-bond donors (Lipinski definition) is 0. The first-order valence-electron chi connectivity index (χ1n) is 10.4. The second-order valence-electron chi connectivity index (χ2n) is 7.49. The number of nitrogens with zero attached hydrogens (tertiary/aromatic N) is 1. The number of ether oxygens (including phenoxy) is 2. The quantitative estimate of drug-likeness (QED) is 0.172. The second-order valence-corrected chi connectivity index (χ2v) is 10.5. The van der Waals surface area contributed by atoms with Gasteiger partial charge < -0.3 is 9.47 Å². The molecular formula is C26H19BrClNO4S2. The van der Waals surface area contributed by atoms with Gasteiger partial charge in [-0.15, -0.1) is 0 Å². The van der Waals surface area contributed by atoms with E-state index in [1.54, 1.807) is 42.5 Å². The summed E-state index contributed by atoms with van der Waals surface area (Å²) in [5.74, 6) is -0.341. The van der Waals surface area contributed by atoms with Gasteiger partial charge in [0.2, 0.25) is 0 Å². The molecule has 0 aliphatic carbocycles. The summed E-state index contributed by atoms with van der Waals surface area (Å²) in [6, 6.07) is 20.9. The molecule has 1 unspecified atom stereocenters. The van der Waals surface area contributed by atoms with Gasteiger partial charge >= 0.3 is 5.97 Å². The summed E-state index contributed by atoms with van der Waals surface area (Å²) in [5, 5.41) is 0.654. The molecule has 0 saturated carbocycles. The van der Waals surface area contributed by atoms with E-state index in [9.17, 15) is 9.59 Å². The Bertz CT molecular complexity index is 1300. The number of thioether (sulfide) groups is 1. The van der Waals surface area contributed by atoms with Gasteiger partial charge in [-0.05, 0) is 47.5 Å². The van der Waals surface area contributed by atoms with Gasteiger partial charge in [0.05, 0.1) is 12.0 Å². The second kappa shape index (κ2) is 11.4. The van der Waals surface area contributed by atoms with Crippen LogP contribution in [-0.2, 0) is 20.9 Å². The molecule has 1 aliphatic heterocycles. The van der Waals surface area contributed by atoms with E-state index in [1.165, 1.54) is 12.0 Å². The molecule has 4 rings (SSSR count). The lowest BCUT2D eigenvalue weighted by Crippen LogP contribution is -2.37. The fourth-order valence-corrected chi connectivity index (χ4v) is 5.30. The van der Waals surface area contributed by atoms with E-state index in [0.717, 1.165) is 21.8 Å². The van der Waals surface area contributed by atoms with Crippen molar-refractivity contribution in [2.45, 2.75) is 12.6 Å². The lowest BCUT2D eigenvalue weighted by Gasteiger charge is -2.24. The zero-order chi connectivity index (χ0) is 24.9. The first kappa shape index (κ1) is 25.4. The number of rotatable bonds is 7. The molecule has 0 bridgehead atoms. The summed E-state index contributed by atoms with van der Waals surface area (Å²) < 4.78 is 12.1. The van der Waals surface area contributed by atoms with E-state index < -0.39 is 12.0 Å². The number of benzene rings is 3. The molecule has 1 heterocycles. The molecule has 0 radical (unpaired) electrons. The highest BCUT2D eigenvalue weighted by atomic mass is 79.9. The van der Waals surface area contributed by atoms with Crippen LogP contribution in [0, 0.1) is 0 Å². The lowest BCUT2D eigenvalue weighted by molar-refractivity contribution is -0.148. The smallest absolute Gasteiger partial charge is 0.333 e. The van der Waals surface area contributed by atoms with Crippen molar-refractivity contribution in [2.75, 3.05) is 7.11 Å². The van der Waals surface area contributed by atoms with Crippen LogP contribution in [-0.4, -0.2) is 28.2 Å². The molecule has 3 aromatic carbocycles. The Hall–Kier alpha value is -2.65. The Morgan fingerprint density at radius 2 is 1.86 bits per heavy atom. The minimum atomic E-state index is -0.970. The minimum absolute atomic E-state index is 0.277. The highest BCUT2D eigenvalue weighted by Crippen LogP contribution is 2.40. The third-order valence-corrected chi connectivity index (χ3v) is 7.26. The average molecular weight is 589 g/mol. The van der Waals surface area contributed by atoms with E-state index >= 15 is 0 Å². The summed E-state index contributed by atoms with van der Waals surface area (Å²) in [6.07, 6.45) is 1.72. The summed E-state index contributed by atoms with van der Waals surface area (Å²) in [5.41, 5.74) is 2.27.